The van der Waals surface area contributed by atoms with Gasteiger partial charge in [0.2, 0.25) is 5.28 Å². The van der Waals surface area contributed by atoms with Crippen LogP contribution in [0.5, 0.6) is 0 Å². The van der Waals surface area contributed by atoms with Crippen molar-refractivity contribution >= 4 is 23.5 Å². The van der Waals surface area contributed by atoms with Crippen LogP contribution in [0.15, 0.2) is 30.5 Å². The van der Waals surface area contributed by atoms with Gasteiger partial charge in [0, 0.05) is 24.4 Å². The standard InChI is InChI=1S/C17H19ClFN3O/c1-4-6-12-7-5-8-13(19)15(12)14(10-23-3)21-16-11(2)9-20-17(18)22-16/h4-9,14H,10H2,1-3H3,(H,20,21,22)/b6-4+. The van der Waals surface area contributed by atoms with Crippen LogP contribution in [0, 0.1) is 12.7 Å². The predicted molar refractivity (Wildman–Crippen MR) is 91.1 cm³/mol. The predicted octanol–water partition coefficient (Wildman–Crippen LogP) is 4.41. The third-order valence-corrected chi connectivity index (χ3v) is 3.55. The topological polar surface area (TPSA) is 47.0 Å². The molecule has 122 valence electrons. The highest BCUT2D eigenvalue weighted by atomic mass is 35.5. The van der Waals surface area contributed by atoms with Gasteiger partial charge >= 0.3 is 0 Å². The Morgan fingerprint density at radius 2 is 2.22 bits per heavy atom. The van der Waals surface area contributed by atoms with E-state index < -0.39 is 6.04 Å². The molecule has 6 heteroatoms. The van der Waals surface area contributed by atoms with Crippen molar-refractivity contribution in [3.05, 3.63) is 58.3 Å². The van der Waals surface area contributed by atoms with Crippen molar-refractivity contribution in [1.29, 1.82) is 0 Å². The van der Waals surface area contributed by atoms with E-state index in [1.807, 2.05) is 32.1 Å². The molecule has 2 rings (SSSR count). The van der Waals surface area contributed by atoms with Gasteiger partial charge in [-0.15, -0.1) is 0 Å². The van der Waals surface area contributed by atoms with Crippen molar-refractivity contribution in [2.75, 3.05) is 19.0 Å². The molecular weight excluding hydrogens is 317 g/mol. The second kappa shape index (κ2) is 8.04. The smallest absolute Gasteiger partial charge is 0.224 e. The first-order chi connectivity index (χ1) is 11.1. The van der Waals surface area contributed by atoms with Crippen LogP contribution in [0.1, 0.15) is 29.7 Å². The van der Waals surface area contributed by atoms with Crippen LogP contribution in [-0.2, 0) is 4.74 Å². The third kappa shape index (κ3) is 4.27. The van der Waals surface area contributed by atoms with E-state index in [-0.39, 0.29) is 17.7 Å². The summed E-state index contributed by atoms with van der Waals surface area (Å²) in [6, 6.07) is 4.58. The number of hydrogen-bond acceptors (Lipinski definition) is 4. The Bertz CT molecular complexity index is 706. The largest absolute Gasteiger partial charge is 0.382 e. The number of hydrogen-bond donors (Lipinski definition) is 1. The lowest BCUT2D eigenvalue weighted by Crippen LogP contribution is -2.20. The second-order valence-corrected chi connectivity index (χ2v) is 5.40. The quantitative estimate of drug-likeness (QED) is 0.794. The number of aryl methyl sites for hydroxylation is 1. The van der Waals surface area contributed by atoms with Gasteiger partial charge < -0.3 is 10.1 Å². The van der Waals surface area contributed by atoms with Gasteiger partial charge in [0.05, 0.1) is 12.6 Å². The van der Waals surface area contributed by atoms with E-state index in [9.17, 15) is 4.39 Å². The minimum absolute atomic E-state index is 0.136. The molecule has 0 fully saturated rings. The Kier molecular flexibility index (Phi) is 6.07. The van der Waals surface area contributed by atoms with Crippen molar-refractivity contribution in [2.24, 2.45) is 0 Å². The summed E-state index contributed by atoms with van der Waals surface area (Å²) in [6.45, 7) is 4.03. The van der Waals surface area contributed by atoms with Crippen LogP contribution in [0.25, 0.3) is 6.08 Å². The molecule has 1 heterocycles. The highest BCUT2D eigenvalue weighted by Crippen LogP contribution is 2.27. The molecule has 0 aliphatic carbocycles. The summed E-state index contributed by atoms with van der Waals surface area (Å²) in [5.41, 5.74) is 2.14. The first-order valence-electron chi connectivity index (χ1n) is 7.22. The van der Waals surface area contributed by atoms with Gasteiger partial charge in [-0.25, -0.2) is 14.4 Å². The molecular formula is C17H19ClFN3O. The third-order valence-electron chi connectivity index (χ3n) is 3.37. The zero-order valence-electron chi connectivity index (χ0n) is 13.3. The molecule has 0 amide bonds. The maximum absolute atomic E-state index is 14.4. The highest BCUT2D eigenvalue weighted by molar-refractivity contribution is 6.28. The Balaban J connectivity index is 2.45. The van der Waals surface area contributed by atoms with Gasteiger partial charge in [-0.05, 0) is 37.1 Å². The fraction of sp³-hybridized carbons (Fsp3) is 0.294. The fourth-order valence-electron chi connectivity index (χ4n) is 2.34. The lowest BCUT2D eigenvalue weighted by atomic mass is 9.99. The van der Waals surface area contributed by atoms with E-state index >= 15 is 0 Å². The number of ether oxygens (including phenoxy) is 1. The zero-order valence-corrected chi connectivity index (χ0v) is 14.1. The Morgan fingerprint density at radius 1 is 1.43 bits per heavy atom. The molecule has 0 aliphatic heterocycles. The summed E-state index contributed by atoms with van der Waals surface area (Å²) in [7, 11) is 1.57. The number of aromatic nitrogens is 2. The van der Waals surface area contributed by atoms with Crippen molar-refractivity contribution in [2.45, 2.75) is 19.9 Å². The summed E-state index contributed by atoms with van der Waals surface area (Å²) >= 11 is 5.86. The minimum atomic E-state index is -0.405. The summed E-state index contributed by atoms with van der Waals surface area (Å²) in [5, 5.41) is 3.35. The number of nitrogens with zero attached hydrogens (tertiary/aromatic N) is 2. The number of allylic oxidation sites excluding steroid dienone is 1. The minimum Gasteiger partial charge on any atom is -0.382 e. The van der Waals surface area contributed by atoms with Gasteiger partial charge in [0.1, 0.15) is 11.6 Å². The van der Waals surface area contributed by atoms with Crippen LogP contribution < -0.4 is 5.32 Å². The summed E-state index contributed by atoms with van der Waals surface area (Å²) in [4.78, 5) is 8.10. The summed E-state index contributed by atoms with van der Waals surface area (Å²) in [5.74, 6) is 0.259. The van der Waals surface area contributed by atoms with Crippen molar-refractivity contribution in [3.8, 4) is 0 Å². The summed E-state index contributed by atoms with van der Waals surface area (Å²) < 4.78 is 19.7. The number of nitrogens with one attached hydrogen (secondary N) is 1. The van der Waals surface area contributed by atoms with Crippen molar-refractivity contribution < 1.29 is 9.13 Å². The van der Waals surface area contributed by atoms with E-state index in [0.29, 0.717) is 11.4 Å². The van der Waals surface area contributed by atoms with Gasteiger partial charge in [0.15, 0.2) is 0 Å². The molecule has 0 saturated carbocycles. The molecule has 1 aromatic heterocycles. The normalized spacial score (nSPS) is 12.6. The van der Waals surface area contributed by atoms with Crippen LogP contribution in [0.4, 0.5) is 10.2 Å². The molecule has 0 aliphatic rings. The van der Waals surface area contributed by atoms with Crippen molar-refractivity contribution in [3.63, 3.8) is 0 Å². The van der Waals surface area contributed by atoms with Crippen LogP contribution >= 0.6 is 11.6 Å². The number of halogens is 2. The van der Waals surface area contributed by atoms with E-state index in [1.165, 1.54) is 6.07 Å². The number of rotatable bonds is 6. The maximum atomic E-state index is 14.4. The molecule has 23 heavy (non-hydrogen) atoms. The Morgan fingerprint density at radius 3 is 2.91 bits per heavy atom. The summed E-state index contributed by atoms with van der Waals surface area (Å²) in [6.07, 6.45) is 5.35. The molecule has 1 unspecified atom stereocenters. The Hall–Kier alpha value is -1.98. The van der Waals surface area contributed by atoms with Crippen LogP contribution in [0.3, 0.4) is 0 Å². The average molecular weight is 336 g/mol. The molecule has 4 nitrogen and oxygen atoms in total. The van der Waals surface area contributed by atoms with Gasteiger partial charge in [-0.3, -0.25) is 0 Å². The number of anilines is 1. The SMILES string of the molecule is C/C=C/c1cccc(F)c1C(COC)Nc1nc(Cl)ncc1C. The van der Waals surface area contributed by atoms with E-state index in [4.69, 9.17) is 16.3 Å². The van der Waals surface area contributed by atoms with Gasteiger partial charge in [-0.1, -0.05) is 24.3 Å². The van der Waals surface area contributed by atoms with E-state index in [2.05, 4.69) is 15.3 Å². The molecule has 0 spiro atoms. The molecule has 1 atom stereocenters. The highest BCUT2D eigenvalue weighted by Gasteiger charge is 2.20. The van der Waals surface area contributed by atoms with Gasteiger partial charge in [-0.2, -0.15) is 0 Å². The molecule has 0 radical (unpaired) electrons. The van der Waals surface area contributed by atoms with E-state index in [1.54, 1.807) is 19.4 Å². The molecule has 1 N–H and O–H groups in total. The average Bonchev–Trinajstić information content (AvgIpc) is 2.51. The Labute approximate surface area is 140 Å². The zero-order chi connectivity index (χ0) is 16.8. The van der Waals surface area contributed by atoms with Crippen LogP contribution in [0.2, 0.25) is 5.28 Å². The monoisotopic (exact) mass is 335 g/mol. The molecule has 2 aromatic rings. The molecule has 0 bridgehead atoms. The van der Waals surface area contributed by atoms with Gasteiger partial charge in [0.25, 0.3) is 0 Å². The lowest BCUT2D eigenvalue weighted by Gasteiger charge is -2.22. The first kappa shape index (κ1) is 17.4. The lowest BCUT2D eigenvalue weighted by molar-refractivity contribution is 0.185. The maximum Gasteiger partial charge on any atom is 0.224 e. The second-order valence-electron chi connectivity index (χ2n) is 5.07. The fourth-order valence-corrected chi connectivity index (χ4v) is 2.48. The number of benzene rings is 1. The number of methoxy groups -OCH3 is 1. The van der Waals surface area contributed by atoms with Crippen LogP contribution in [-0.4, -0.2) is 23.7 Å². The van der Waals surface area contributed by atoms with Crippen molar-refractivity contribution in [1.82, 2.24) is 9.97 Å². The first-order valence-corrected chi connectivity index (χ1v) is 7.60. The molecule has 0 saturated heterocycles. The van der Waals surface area contributed by atoms with E-state index in [0.717, 1.165) is 11.1 Å². The molecule has 1 aromatic carbocycles.